The standard InChI is InChI=1S/C10H5ClF2N2O4S2/c11-10-8(15(16)17)4-9(20-10)21(18,19)14-7-2-5(12)1-6(13)3-7/h1-4,14H. The molecule has 0 saturated carbocycles. The van der Waals surface area contributed by atoms with Gasteiger partial charge in [-0.1, -0.05) is 11.6 Å². The van der Waals surface area contributed by atoms with Crippen molar-refractivity contribution in [1.82, 2.24) is 0 Å². The van der Waals surface area contributed by atoms with Crippen LogP contribution in [0.3, 0.4) is 0 Å². The fourth-order valence-electron chi connectivity index (χ4n) is 1.41. The molecule has 2 aromatic rings. The monoisotopic (exact) mass is 354 g/mol. The van der Waals surface area contributed by atoms with Crippen molar-refractivity contribution in [3.8, 4) is 0 Å². The minimum Gasteiger partial charge on any atom is -0.279 e. The number of nitro groups is 1. The maximum Gasteiger partial charge on any atom is 0.300 e. The Balaban J connectivity index is 2.38. The van der Waals surface area contributed by atoms with Crippen LogP contribution in [0.4, 0.5) is 20.2 Å². The average Bonchev–Trinajstić information content (AvgIpc) is 2.70. The molecule has 11 heteroatoms. The van der Waals surface area contributed by atoms with Crippen molar-refractivity contribution in [3.63, 3.8) is 0 Å². The molecule has 0 unspecified atom stereocenters. The fraction of sp³-hybridized carbons (Fsp3) is 0. The number of nitrogens with zero attached hydrogens (tertiary/aromatic N) is 1. The molecule has 1 N–H and O–H groups in total. The zero-order valence-electron chi connectivity index (χ0n) is 9.84. The molecule has 0 radical (unpaired) electrons. The zero-order valence-corrected chi connectivity index (χ0v) is 12.2. The molecule has 21 heavy (non-hydrogen) atoms. The van der Waals surface area contributed by atoms with Gasteiger partial charge in [-0.3, -0.25) is 14.8 Å². The first-order valence-corrected chi connectivity index (χ1v) is 7.79. The normalized spacial score (nSPS) is 11.4. The lowest BCUT2D eigenvalue weighted by Crippen LogP contribution is -2.11. The Morgan fingerprint density at radius 2 is 1.76 bits per heavy atom. The summed E-state index contributed by atoms with van der Waals surface area (Å²) >= 11 is 6.03. The van der Waals surface area contributed by atoms with Crippen LogP contribution in [0.25, 0.3) is 0 Å². The molecule has 0 aliphatic rings. The van der Waals surface area contributed by atoms with E-state index < -0.39 is 36.5 Å². The summed E-state index contributed by atoms with van der Waals surface area (Å²) in [5.41, 5.74) is -0.910. The molecule has 112 valence electrons. The molecule has 1 heterocycles. The molecule has 0 bridgehead atoms. The smallest absolute Gasteiger partial charge is 0.279 e. The van der Waals surface area contributed by atoms with Crippen LogP contribution in [0.1, 0.15) is 0 Å². The zero-order chi connectivity index (χ0) is 15.8. The largest absolute Gasteiger partial charge is 0.300 e. The minimum absolute atomic E-state index is 0.314. The molecule has 0 aliphatic heterocycles. The van der Waals surface area contributed by atoms with Crippen LogP contribution in [0.2, 0.25) is 4.34 Å². The first-order chi connectivity index (χ1) is 9.69. The van der Waals surface area contributed by atoms with Gasteiger partial charge in [0.25, 0.3) is 15.7 Å². The highest BCUT2D eigenvalue weighted by Crippen LogP contribution is 2.36. The molecular weight excluding hydrogens is 350 g/mol. The van der Waals surface area contributed by atoms with E-state index in [1.165, 1.54) is 0 Å². The van der Waals surface area contributed by atoms with Crippen molar-refractivity contribution in [2.24, 2.45) is 0 Å². The summed E-state index contributed by atoms with van der Waals surface area (Å²) in [6.07, 6.45) is 0. The Hall–Kier alpha value is -1.78. The van der Waals surface area contributed by atoms with E-state index in [9.17, 15) is 27.3 Å². The lowest BCUT2D eigenvalue weighted by atomic mass is 10.3. The molecular formula is C10H5ClF2N2O4S2. The van der Waals surface area contributed by atoms with E-state index in [0.717, 1.165) is 18.2 Å². The van der Waals surface area contributed by atoms with Crippen molar-refractivity contribution >= 4 is 44.3 Å². The van der Waals surface area contributed by atoms with Crippen LogP contribution >= 0.6 is 22.9 Å². The highest BCUT2D eigenvalue weighted by Gasteiger charge is 2.25. The Morgan fingerprint density at radius 1 is 1.19 bits per heavy atom. The number of nitrogens with one attached hydrogen (secondary N) is 1. The predicted octanol–water partition coefficient (Wildman–Crippen LogP) is 3.39. The number of anilines is 1. The maximum atomic E-state index is 13.0. The van der Waals surface area contributed by atoms with E-state index in [1.54, 1.807) is 0 Å². The lowest BCUT2D eigenvalue weighted by Gasteiger charge is -2.06. The summed E-state index contributed by atoms with van der Waals surface area (Å²) in [5.74, 6) is -1.94. The molecule has 2 rings (SSSR count). The molecule has 1 aromatic carbocycles. The second-order valence-corrected chi connectivity index (χ2v) is 7.31. The molecule has 6 nitrogen and oxygen atoms in total. The molecule has 0 saturated heterocycles. The second kappa shape index (κ2) is 5.54. The van der Waals surface area contributed by atoms with Gasteiger partial charge in [-0.05, 0) is 12.1 Å². The SMILES string of the molecule is O=[N+]([O-])c1cc(S(=O)(=O)Nc2cc(F)cc(F)c2)sc1Cl. The third-order valence-electron chi connectivity index (χ3n) is 2.22. The Bertz CT molecular complexity index is 802. The van der Waals surface area contributed by atoms with Gasteiger partial charge in [0.1, 0.15) is 15.8 Å². The Kier molecular flexibility index (Phi) is 4.12. The van der Waals surface area contributed by atoms with E-state index >= 15 is 0 Å². The number of hydrogen-bond acceptors (Lipinski definition) is 5. The predicted molar refractivity (Wildman–Crippen MR) is 73.1 cm³/mol. The van der Waals surface area contributed by atoms with Crippen LogP contribution in [-0.4, -0.2) is 13.3 Å². The molecule has 0 atom stereocenters. The van der Waals surface area contributed by atoms with E-state index in [2.05, 4.69) is 0 Å². The van der Waals surface area contributed by atoms with E-state index in [-0.39, 0.29) is 10.0 Å². The molecule has 0 aliphatic carbocycles. The van der Waals surface area contributed by atoms with Gasteiger partial charge in [-0.25, -0.2) is 17.2 Å². The van der Waals surface area contributed by atoms with Gasteiger partial charge < -0.3 is 0 Å². The van der Waals surface area contributed by atoms with E-state index in [4.69, 9.17) is 11.6 Å². The Morgan fingerprint density at radius 3 is 2.24 bits per heavy atom. The maximum absolute atomic E-state index is 13.0. The third kappa shape index (κ3) is 3.46. The number of benzene rings is 1. The van der Waals surface area contributed by atoms with Crippen LogP contribution in [0, 0.1) is 21.7 Å². The van der Waals surface area contributed by atoms with Crippen LogP contribution in [-0.2, 0) is 10.0 Å². The van der Waals surface area contributed by atoms with Crippen molar-refractivity contribution < 1.29 is 22.1 Å². The number of rotatable bonds is 4. The minimum atomic E-state index is -4.24. The highest BCUT2D eigenvalue weighted by atomic mass is 35.5. The Labute approximate surface area is 126 Å². The molecule has 0 fully saturated rings. The van der Waals surface area contributed by atoms with Crippen LogP contribution in [0.15, 0.2) is 28.5 Å². The topological polar surface area (TPSA) is 89.3 Å². The molecule has 0 spiro atoms. The van der Waals surface area contributed by atoms with Gasteiger partial charge in [0.15, 0.2) is 4.34 Å². The van der Waals surface area contributed by atoms with Crippen molar-refractivity contribution in [2.75, 3.05) is 4.72 Å². The fourth-order valence-corrected chi connectivity index (χ4v) is 4.12. The molecule has 0 amide bonds. The van der Waals surface area contributed by atoms with Crippen molar-refractivity contribution in [3.05, 3.63) is 50.4 Å². The van der Waals surface area contributed by atoms with Crippen LogP contribution < -0.4 is 4.72 Å². The van der Waals surface area contributed by atoms with E-state index in [1.807, 2.05) is 4.72 Å². The summed E-state index contributed by atoms with van der Waals surface area (Å²) in [5, 5.41) is 10.6. The number of halogens is 3. The number of sulfonamides is 1. The summed E-state index contributed by atoms with van der Waals surface area (Å²) in [7, 11) is -4.24. The van der Waals surface area contributed by atoms with Crippen LogP contribution in [0.5, 0.6) is 0 Å². The number of thiophene rings is 1. The third-order valence-corrected chi connectivity index (χ3v) is 5.42. The van der Waals surface area contributed by atoms with Gasteiger partial charge in [0, 0.05) is 12.1 Å². The van der Waals surface area contributed by atoms with Gasteiger partial charge in [-0.15, -0.1) is 11.3 Å². The summed E-state index contributed by atoms with van der Waals surface area (Å²) in [6.45, 7) is 0. The van der Waals surface area contributed by atoms with Crippen molar-refractivity contribution in [1.29, 1.82) is 0 Å². The quantitative estimate of drug-likeness (QED) is 0.673. The summed E-state index contributed by atoms with van der Waals surface area (Å²) in [6, 6.07) is 2.88. The summed E-state index contributed by atoms with van der Waals surface area (Å²) in [4.78, 5) is 9.79. The van der Waals surface area contributed by atoms with Gasteiger partial charge in [0.05, 0.1) is 10.6 Å². The first-order valence-electron chi connectivity index (χ1n) is 5.11. The highest BCUT2D eigenvalue weighted by molar-refractivity contribution is 7.94. The lowest BCUT2D eigenvalue weighted by molar-refractivity contribution is -0.384. The first kappa shape index (κ1) is 15.6. The summed E-state index contributed by atoms with van der Waals surface area (Å²) < 4.78 is 51.1. The van der Waals surface area contributed by atoms with E-state index in [0.29, 0.717) is 17.4 Å². The number of hydrogen-bond donors (Lipinski definition) is 1. The average molecular weight is 355 g/mol. The van der Waals surface area contributed by atoms with Crippen molar-refractivity contribution in [2.45, 2.75) is 4.21 Å². The van der Waals surface area contributed by atoms with Gasteiger partial charge in [-0.2, -0.15) is 0 Å². The second-order valence-electron chi connectivity index (χ2n) is 3.75. The molecule has 1 aromatic heterocycles. The van der Waals surface area contributed by atoms with Gasteiger partial charge in [0.2, 0.25) is 0 Å². The van der Waals surface area contributed by atoms with Gasteiger partial charge >= 0.3 is 0 Å².